The molecule has 3 nitrogen and oxygen atoms in total. The lowest BCUT2D eigenvalue weighted by Crippen LogP contribution is -2.00. The van der Waals surface area contributed by atoms with Crippen LogP contribution in [0, 0.1) is 6.92 Å². The summed E-state index contributed by atoms with van der Waals surface area (Å²) >= 11 is 0. The second-order valence-electron chi connectivity index (χ2n) is 9.01. The third-order valence-electron chi connectivity index (χ3n) is 6.38. The highest BCUT2D eigenvalue weighted by atomic mass is 15.0. The molecule has 3 heteroatoms. The second-order valence-corrected chi connectivity index (χ2v) is 9.01. The average molecular weight is 476 g/mol. The molecule has 0 spiro atoms. The van der Waals surface area contributed by atoms with Crippen molar-refractivity contribution in [3.8, 4) is 56.2 Å². The minimum Gasteiger partial charge on any atom is -0.213 e. The van der Waals surface area contributed by atoms with Crippen LogP contribution in [0.2, 0.25) is 0 Å². The van der Waals surface area contributed by atoms with Crippen molar-refractivity contribution in [3.05, 3.63) is 139 Å². The number of aromatic nitrogens is 3. The van der Waals surface area contributed by atoms with Crippen molar-refractivity contribution < 1.29 is 0 Å². The molecule has 0 aliphatic rings. The highest BCUT2D eigenvalue weighted by Crippen LogP contribution is 2.32. The van der Waals surface area contributed by atoms with Crippen LogP contribution in [0.3, 0.4) is 0 Å². The van der Waals surface area contributed by atoms with Crippen LogP contribution < -0.4 is 0 Å². The van der Waals surface area contributed by atoms with Gasteiger partial charge >= 0.3 is 0 Å². The first kappa shape index (κ1) is 22.6. The van der Waals surface area contributed by atoms with Crippen LogP contribution in [0.15, 0.2) is 133 Å². The summed E-state index contributed by atoms with van der Waals surface area (Å²) in [6, 6.07) is 46.2. The Hall–Kier alpha value is -4.89. The third-order valence-corrected chi connectivity index (χ3v) is 6.38. The lowest BCUT2D eigenvalue weighted by atomic mass is 9.96. The lowest BCUT2D eigenvalue weighted by molar-refractivity contribution is 0.992. The quantitative estimate of drug-likeness (QED) is 0.251. The molecule has 0 fully saturated rings. The minimum absolute atomic E-state index is 0.669. The maximum atomic E-state index is 4.96. The molecule has 0 saturated carbocycles. The SMILES string of the molecule is Cc1nc(-c2cccc(-c3ccccc3)c2)nc(-c2cc(-c3ccccc3)cc(-c3ccccc3)c2)n1. The molecule has 0 radical (unpaired) electrons. The van der Waals surface area contributed by atoms with Gasteiger partial charge in [-0.25, -0.2) is 15.0 Å². The van der Waals surface area contributed by atoms with Gasteiger partial charge in [0.05, 0.1) is 0 Å². The Morgan fingerprint density at radius 1 is 0.324 bits per heavy atom. The maximum Gasteiger partial charge on any atom is 0.163 e. The molecule has 6 rings (SSSR count). The summed E-state index contributed by atoms with van der Waals surface area (Å²) in [5.41, 5.74) is 8.80. The number of aryl methyl sites for hydroxylation is 1. The topological polar surface area (TPSA) is 38.7 Å². The monoisotopic (exact) mass is 475 g/mol. The normalized spacial score (nSPS) is 10.8. The Morgan fingerprint density at radius 2 is 0.703 bits per heavy atom. The highest BCUT2D eigenvalue weighted by Gasteiger charge is 2.13. The van der Waals surface area contributed by atoms with Gasteiger partial charge in [-0.3, -0.25) is 0 Å². The van der Waals surface area contributed by atoms with Crippen LogP contribution in [0.4, 0.5) is 0 Å². The van der Waals surface area contributed by atoms with Crippen LogP contribution >= 0.6 is 0 Å². The largest absolute Gasteiger partial charge is 0.213 e. The number of benzene rings is 5. The second kappa shape index (κ2) is 10.00. The average Bonchev–Trinajstić information content (AvgIpc) is 2.98. The van der Waals surface area contributed by atoms with E-state index in [0.717, 1.165) is 38.9 Å². The third kappa shape index (κ3) is 4.93. The molecule has 0 amide bonds. The molecule has 0 N–H and O–H groups in total. The summed E-state index contributed by atoms with van der Waals surface area (Å²) in [5.74, 6) is 2.03. The van der Waals surface area contributed by atoms with Gasteiger partial charge in [0.25, 0.3) is 0 Å². The van der Waals surface area contributed by atoms with E-state index in [1.54, 1.807) is 0 Å². The Balaban J connectivity index is 1.48. The molecule has 0 aliphatic heterocycles. The van der Waals surface area contributed by atoms with Crippen molar-refractivity contribution in [1.29, 1.82) is 0 Å². The van der Waals surface area contributed by atoms with Gasteiger partial charge in [0, 0.05) is 11.1 Å². The first-order valence-corrected chi connectivity index (χ1v) is 12.4. The Bertz CT molecular complexity index is 1600. The molecule has 0 atom stereocenters. The van der Waals surface area contributed by atoms with E-state index in [0.29, 0.717) is 17.5 Å². The molecule has 6 aromatic rings. The van der Waals surface area contributed by atoms with E-state index in [1.807, 2.05) is 25.1 Å². The van der Waals surface area contributed by atoms with Crippen molar-refractivity contribution in [2.24, 2.45) is 0 Å². The van der Waals surface area contributed by atoms with Gasteiger partial charge < -0.3 is 0 Å². The molecular weight excluding hydrogens is 450 g/mol. The molecule has 0 unspecified atom stereocenters. The van der Waals surface area contributed by atoms with Crippen LogP contribution in [0.5, 0.6) is 0 Å². The van der Waals surface area contributed by atoms with Crippen molar-refractivity contribution in [1.82, 2.24) is 15.0 Å². The van der Waals surface area contributed by atoms with Gasteiger partial charge in [-0.2, -0.15) is 0 Å². The predicted molar refractivity (Wildman–Crippen MR) is 152 cm³/mol. The van der Waals surface area contributed by atoms with E-state index in [-0.39, 0.29) is 0 Å². The van der Waals surface area contributed by atoms with Gasteiger partial charge in [0.15, 0.2) is 11.6 Å². The summed E-state index contributed by atoms with van der Waals surface area (Å²) in [6.07, 6.45) is 0. The number of hydrogen-bond acceptors (Lipinski definition) is 3. The molecule has 37 heavy (non-hydrogen) atoms. The fraction of sp³-hybridized carbons (Fsp3) is 0.0294. The van der Waals surface area contributed by atoms with Crippen molar-refractivity contribution in [3.63, 3.8) is 0 Å². The molecule has 0 bridgehead atoms. The molecule has 0 saturated heterocycles. The first-order chi connectivity index (χ1) is 18.2. The number of nitrogens with zero attached hydrogens (tertiary/aromatic N) is 3. The minimum atomic E-state index is 0.669. The van der Waals surface area contributed by atoms with E-state index < -0.39 is 0 Å². The zero-order valence-electron chi connectivity index (χ0n) is 20.5. The summed E-state index contributed by atoms with van der Waals surface area (Å²) in [5, 5.41) is 0. The van der Waals surface area contributed by atoms with Crippen LogP contribution in [-0.2, 0) is 0 Å². The molecule has 176 valence electrons. The van der Waals surface area contributed by atoms with Crippen LogP contribution in [0.25, 0.3) is 56.2 Å². The van der Waals surface area contributed by atoms with Crippen molar-refractivity contribution in [2.45, 2.75) is 6.92 Å². The van der Waals surface area contributed by atoms with E-state index in [2.05, 4.69) is 115 Å². The zero-order chi connectivity index (χ0) is 25.0. The smallest absolute Gasteiger partial charge is 0.163 e. The van der Waals surface area contributed by atoms with Gasteiger partial charge in [-0.05, 0) is 64.6 Å². The van der Waals surface area contributed by atoms with Crippen LogP contribution in [0.1, 0.15) is 5.82 Å². The molecule has 5 aromatic carbocycles. The highest BCUT2D eigenvalue weighted by molar-refractivity contribution is 5.80. The van der Waals surface area contributed by atoms with Gasteiger partial charge in [-0.1, -0.05) is 109 Å². The molecule has 0 aliphatic carbocycles. The van der Waals surface area contributed by atoms with E-state index in [4.69, 9.17) is 15.0 Å². The van der Waals surface area contributed by atoms with Crippen molar-refractivity contribution >= 4 is 0 Å². The lowest BCUT2D eigenvalue weighted by Gasteiger charge is -2.12. The predicted octanol–water partition coefficient (Wildman–Crippen LogP) is 8.52. The van der Waals surface area contributed by atoms with Crippen molar-refractivity contribution in [2.75, 3.05) is 0 Å². The molecular formula is C34H25N3. The van der Waals surface area contributed by atoms with Gasteiger partial charge in [0.1, 0.15) is 5.82 Å². The van der Waals surface area contributed by atoms with Gasteiger partial charge in [0.2, 0.25) is 0 Å². The van der Waals surface area contributed by atoms with Crippen LogP contribution in [-0.4, -0.2) is 15.0 Å². The first-order valence-electron chi connectivity index (χ1n) is 12.4. The number of hydrogen-bond donors (Lipinski definition) is 0. The Labute approximate surface area is 217 Å². The van der Waals surface area contributed by atoms with Gasteiger partial charge in [-0.15, -0.1) is 0 Å². The Morgan fingerprint density at radius 3 is 1.24 bits per heavy atom. The molecule has 1 heterocycles. The van der Waals surface area contributed by atoms with E-state index in [1.165, 1.54) is 5.56 Å². The summed E-state index contributed by atoms with van der Waals surface area (Å²) in [4.78, 5) is 14.4. The van der Waals surface area contributed by atoms with E-state index >= 15 is 0 Å². The number of rotatable bonds is 5. The zero-order valence-corrected chi connectivity index (χ0v) is 20.5. The summed E-state index contributed by atoms with van der Waals surface area (Å²) < 4.78 is 0. The summed E-state index contributed by atoms with van der Waals surface area (Å²) in [6.45, 7) is 1.93. The molecule has 1 aromatic heterocycles. The standard InChI is InChI=1S/C34H25N3/c1-24-35-33(29-19-11-18-28(20-29)25-12-5-2-6-13-25)37-34(36-24)32-22-30(26-14-7-3-8-15-26)21-31(23-32)27-16-9-4-10-17-27/h2-23H,1H3. The van der Waals surface area contributed by atoms with E-state index in [9.17, 15) is 0 Å². The maximum absolute atomic E-state index is 4.96. The fourth-order valence-electron chi connectivity index (χ4n) is 4.56. The summed E-state index contributed by atoms with van der Waals surface area (Å²) in [7, 11) is 0. The Kier molecular flexibility index (Phi) is 6.10. The fourth-order valence-corrected chi connectivity index (χ4v) is 4.56.